The van der Waals surface area contributed by atoms with E-state index in [1.165, 1.54) is 11.1 Å². The summed E-state index contributed by atoms with van der Waals surface area (Å²) in [5, 5.41) is 19.5. The molecule has 0 atom stereocenters. The van der Waals surface area contributed by atoms with Gasteiger partial charge in [-0.05, 0) is 51.7 Å². The van der Waals surface area contributed by atoms with E-state index in [4.69, 9.17) is 0 Å². The number of nitrogens with zero attached hydrogens (tertiary/aromatic N) is 4. The van der Waals surface area contributed by atoms with Gasteiger partial charge in [0.25, 0.3) is 0 Å². The molecule has 0 saturated heterocycles. The Hall–Kier alpha value is -1.27. The molecule has 2 aromatic heterocycles. The molecule has 0 spiro atoms. The van der Waals surface area contributed by atoms with Crippen LogP contribution < -0.4 is 5.32 Å². The average molecular weight is 265 g/mol. The molecule has 0 aliphatic rings. The highest BCUT2D eigenvalue weighted by Gasteiger charge is 2.08. The van der Waals surface area contributed by atoms with Crippen LogP contribution in [0.4, 0.5) is 0 Å². The Bertz CT molecular complexity index is 488. The second-order valence-corrected chi connectivity index (χ2v) is 5.60. The quantitative estimate of drug-likeness (QED) is 0.866. The van der Waals surface area contributed by atoms with Crippen LogP contribution >= 0.6 is 11.3 Å². The Balaban J connectivity index is 1.97. The van der Waals surface area contributed by atoms with Gasteiger partial charge in [0.15, 0.2) is 5.82 Å². The molecular weight excluding hydrogens is 246 g/mol. The number of hydrogen-bond donors (Lipinski definition) is 1. The van der Waals surface area contributed by atoms with Crippen molar-refractivity contribution in [3.8, 4) is 0 Å². The van der Waals surface area contributed by atoms with Gasteiger partial charge in [-0.15, -0.1) is 5.10 Å². The summed E-state index contributed by atoms with van der Waals surface area (Å²) < 4.78 is 1.86. The Morgan fingerprint density at radius 1 is 1.39 bits per heavy atom. The van der Waals surface area contributed by atoms with Crippen molar-refractivity contribution in [1.82, 2.24) is 25.5 Å². The van der Waals surface area contributed by atoms with Gasteiger partial charge < -0.3 is 5.32 Å². The van der Waals surface area contributed by atoms with Gasteiger partial charge in [0.1, 0.15) is 0 Å². The molecule has 6 heteroatoms. The second kappa shape index (κ2) is 6.06. The Morgan fingerprint density at radius 3 is 2.89 bits per heavy atom. The Kier molecular flexibility index (Phi) is 4.43. The zero-order chi connectivity index (χ0) is 13.0. The van der Waals surface area contributed by atoms with E-state index in [0.29, 0.717) is 12.5 Å². The molecule has 5 nitrogen and oxygen atoms in total. The molecule has 0 radical (unpaired) electrons. The highest BCUT2D eigenvalue weighted by atomic mass is 32.1. The van der Waals surface area contributed by atoms with Gasteiger partial charge in [-0.1, -0.05) is 13.8 Å². The van der Waals surface area contributed by atoms with Crippen molar-refractivity contribution in [2.45, 2.75) is 33.9 Å². The summed E-state index contributed by atoms with van der Waals surface area (Å²) in [5.74, 6) is 1.52. The van der Waals surface area contributed by atoms with Crippen LogP contribution in [-0.2, 0) is 13.1 Å². The number of thiophene rings is 1. The minimum atomic E-state index is 0.633. The molecule has 98 valence electrons. The Labute approximate surface area is 111 Å². The van der Waals surface area contributed by atoms with Crippen LogP contribution in [0.15, 0.2) is 10.8 Å². The maximum absolute atomic E-state index is 4.07. The average Bonchev–Trinajstić information content (AvgIpc) is 2.90. The zero-order valence-corrected chi connectivity index (χ0v) is 11.9. The van der Waals surface area contributed by atoms with Crippen molar-refractivity contribution in [3.63, 3.8) is 0 Å². The van der Waals surface area contributed by atoms with E-state index in [-0.39, 0.29) is 0 Å². The fourth-order valence-electron chi connectivity index (χ4n) is 1.66. The third kappa shape index (κ3) is 3.36. The number of aromatic nitrogens is 4. The topological polar surface area (TPSA) is 55.6 Å². The van der Waals surface area contributed by atoms with Crippen molar-refractivity contribution in [2.75, 3.05) is 6.54 Å². The van der Waals surface area contributed by atoms with Crippen LogP contribution in [0, 0.1) is 12.8 Å². The summed E-state index contributed by atoms with van der Waals surface area (Å²) in [6.07, 6.45) is 0. The minimum Gasteiger partial charge on any atom is -0.310 e. The van der Waals surface area contributed by atoms with E-state index in [1.54, 1.807) is 11.3 Å². The summed E-state index contributed by atoms with van der Waals surface area (Å²) in [6.45, 7) is 8.93. The van der Waals surface area contributed by atoms with Gasteiger partial charge in [0, 0.05) is 0 Å². The molecule has 0 bridgehead atoms. The van der Waals surface area contributed by atoms with E-state index in [9.17, 15) is 0 Å². The van der Waals surface area contributed by atoms with Crippen molar-refractivity contribution in [1.29, 1.82) is 0 Å². The first-order chi connectivity index (χ1) is 8.66. The van der Waals surface area contributed by atoms with Crippen molar-refractivity contribution >= 4 is 11.3 Å². The predicted molar refractivity (Wildman–Crippen MR) is 72.5 cm³/mol. The summed E-state index contributed by atoms with van der Waals surface area (Å²) in [6, 6.07) is 0. The fourth-order valence-corrected chi connectivity index (χ4v) is 2.50. The molecular formula is C12H19N5S. The fraction of sp³-hybridized carbons (Fsp3) is 0.583. The van der Waals surface area contributed by atoms with Crippen LogP contribution in [0.3, 0.4) is 0 Å². The molecule has 1 N–H and O–H groups in total. The smallest absolute Gasteiger partial charge is 0.165 e. The largest absolute Gasteiger partial charge is 0.310 e. The van der Waals surface area contributed by atoms with E-state index in [2.05, 4.69) is 52.4 Å². The third-order valence-electron chi connectivity index (χ3n) is 2.72. The summed E-state index contributed by atoms with van der Waals surface area (Å²) in [7, 11) is 0. The maximum Gasteiger partial charge on any atom is 0.165 e. The zero-order valence-electron chi connectivity index (χ0n) is 11.1. The standard InChI is InChI=1S/C12H19N5S/c1-9(2)4-13-5-12-14-15-16-17(12)6-11-8-18-7-10(11)3/h7-9,13H,4-6H2,1-3H3. The molecule has 18 heavy (non-hydrogen) atoms. The van der Waals surface area contributed by atoms with E-state index >= 15 is 0 Å². The molecule has 0 saturated carbocycles. The lowest BCUT2D eigenvalue weighted by atomic mass is 10.2. The number of rotatable bonds is 6. The molecule has 0 aliphatic heterocycles. The van der Waals surface area contributed by atoms with Crippen molar-refractivity contribution in [2.24, 2.45) is 5.92 Å². The van der Waals surface area contributed by atoms with Crippen LogP contribution in [0.25, 0.3) is 0 Å². The summed E-state index contributed by atoms with van der Waals surface area (Å²) >= 11 is 1.72. The summed E-state index contributed by atoms with van der Waals surface area (Å²) in [5.41, 5.74) is 2.59. The van der Waals surface area contributed by atoms with Gasteiger partial charge in [0.2, 0.25) is 0 Å². The number of nitrogens with one attached hydrogen (secondary N) is 1. The molecule has 0 unspecified atom stereocenters. The Morgan fingerprint density at radius 2 is 2.22 bits per heavy atom. The van der Waals surface area contributed by atoms with E-state index in [1.807, 2.05) is 4.68 Å². The molecule has 0 fully saturated rings. The minimum absolute atomic E-state index is 0.633. The lowest BCUT2D eigenvalue weighted by molar-refractivity contribution is 0.523. The molecule has 2 heterocycles. The maximum atomic E-state index is 4.07. The second-order valence-electron chi connectivity index (χ2n) is 4.86. The molecule has 2 aromatic rings. The molecule has 2 rings (SSSR count). The van der Waals surface area contributed by atoms with Gasteiger partial charge in [-0.25, -0.2) is 4.68 Å². The highest BCUT2D eigenvalue weighted by Crippen LogP contribution is 2.14. The van der Waals surface area contributed by atoms with Crippen LogP contribution in [0.5, 0.6) is 0 Å². The van der Waals surface area contributed by atoms with Crippen molar-refractivity contribution in [3.05, 3.63) is 27.7 Å². The molecule has 0 amide bonds. The normalized spacial score (nSPS) is 11.3. The van der Waals surface area contributed by atoms with Crippen LogP contribution in [0.2, 0.25) is 0 Å². The van der Waals surface area contributed by atoms with E-state index < -0.39 is 0 Å². The van der Waals surface area contributed by atoms with Gasteiger partial charge in [-0.3, -0.25) is 0 Å². The number of hydrogen-bond acceptors (Lipinski definition) is 5. The lowest BCUT2D eigenvalue weighted by Crippen LogP contribution is -2.22. The van der Waals surface area contributed by atoms with Crippen molar-refractivity contribution < 1.29 is 0 Å². The third-order valence-corrected chi connectivity index (χ3v) is 3.63. The molecule has 0 aromatic carbocycles. The van der Waals surface area contributed by atoms with Crippen LogP contribution in [0.1, 0.15) is 30.8 Å². The number of tetrazole rings is 1. The SMILES string of the molecule is Cc1cscc1Cn1nnnc1CNCC(C)C. The monoisotopic (exact) mass is 265 g/mol. The highest BCUT2D eigenvalue weighted by molar-refractivity contribution is 7.08. The first-order valence-electron chi connectivity index (χ1n) is 6.14. The van der Waals surface area contributed by atoms with Crippen LogP contribution in [-0.4, -0.2) is 26.8 Å². The first kappa shape index (κ1) is 13.2. The van der Waals surface area contributed by atoms with Gasteiger partial charge >= 0.3 is 0 Å². The molecule has 0 aliphatic carbocycles. The van der Waals surface area contributed by atoms with Gasteiger partial charge in [0.05, 0.1) is 13.1 Å². The van der Waals surface area contributed by atoms with E-state index in [0.717, 1.165) is 18.9 Å². The van der Waals surface area contributed by atoms with Gasteiger partial charge in [-0.2, -0.15) is 11.3 Å². The predicted octanol–water partition coefficient (Wildman–Crippen LogP) is 1.84. The first-order valence-corrected chi connectivity index (χ1v) is 7.08. The summed E-state index contributed by atoms with van der Waals surface area (Å²) in [4.78, 5) is 0. The number of aryl methyl sites for hydroxylation is 1. The lowest BCUT2D eigenvalue weighted by Gasteiger charge is -2.07.